The Bertz CT molecular complexity index is 322. The maximum atomic E-state index is 4.39. The van der Waals surface area contributed by atoms with E-state index in [1.807, 2.05) is 11.7 Å². The number of aromatic nitrogens is 2. The Morgan fingerprint density at radius 1 is 1.44 bits per heavy atom. The lowest BCUT2D eigenvalue weighted by atomic mass is 10.0. The van der Waals surface area contributed by atoms with Gasteiger partial charge in [0.2, 0.25) is 0 Å². The predicted molar refractivity (Wildman–Crippen MR) is 66.5 cm³/mol. The molecule has 2 heterocycles. The van der Waals surface area contributed by atoms with E-state index in [0.29, 0.717) is 0 Å². The minimum Gasteiger partial charge on any atom is -0.314 e. The number of nitrogens with one attached hydrogen (secondary N) is 1. The van der Waals surface area contributed by atoms with Crippen LogP contribution >= 0.6 is 0 Å². The van der Waals surface area contributed by atoms with E-state index in [9.17, 15) is 0 Å². The van der Waals surface area contributed by atoms with Crippen LogP contribution in [0.25, 0.3) is 0 Å². The number of aryl methyl sites for hydroxylation is 3. The average molecular weight is 221 g/mol. The Morgan fingerprint density at radius 3 is 3.06 bits per heavy atom. The summed E-state index contributed by atoms with van der Waals surface area (Å²) in [5.41, 5.74) is 2.60. The zero-order valence-corrected chi connectivity index (χ0v) is 10.5. The molecule has 1 fully saturated rings. The summed E-state index contributed by atoms with van der Waals surface area (Å²) in [5, 5.41) is 8.04. The van der Waals surface area contributed by atoms with Gasteiger partial charge in [-0.25, -0.2) is 0 Å². The summed E-state index contributed by atoms with van der Waals surface area (Å²) < 4.78 is 1.92. The summed E-state index contributed by atoms with van der Waals surface area (Å²) in [6, 6.07) is 0.724. The fourth-order valence-electron chi connectivity index (χ4n) is 2.57. The van der Waals surface area contributed by atoms with E-state index < -0.39 is 0 Å². The molecule has 1 N–H and O–H groups in total. The summed E-state index contributed by atoms with van der Waals surface area (Å²) in [4.78, 5) is 0. The van der Waals surface area contributed by atoms with E-state index in [-0.39, 0.29) is 0 Å². The molecule has 16 heavy (non-hydrogen) atoms. The topological polar surface area (TPSA) is 29.9 Å². The molecular formula is C13H23N3. The van der Waals surface area contributed by atoms with Crippen molar-refractivity contribution < 1.29 is 0 Å². The average Bonchev–Trinajstić information content (AvgIpc) is 2.48. The van der Waals surface area contributed by atoms with Crippen LogP contribution in [0.1, 0.15) is 43.4 Å². The molecule has 0 aliphatic carbocycles. The molecule has 2 rings (SSSR count). The van der Waals surface area contributed by atoms with Gasteiger partial charge in [-0.2, -0.15) is 5.10 Å². The van der Waals surface area contributed by atoms with Crippen LogP contribution < -0.4 is 5.32 Å². The van der Waals surface area contributed by atoms with Crippen molar-refractivity contribution in [3.63, 3.8) is 0 Å². The summed E-state index contributed by atoms with van der Waals surface area (Å²) >= 11 is 0. The molecule has 0 aromatic carbocycles. The SMILES string of the molecule is Cc1nn(C)cc1CCC1CCCCCN1. The minimum absolute atomic E-state index is 0.724. The number of hydrogen-bond acceptors (Lipinski definition) is 2. The zero-order chi connectivity index (χ0) is 11.4. The first-order chi connectivity index (χ1) is 7.75. The fourth-order valence-corrected chi connectivity index (χ4v) is 2.57. The monoisotopic (exact) mass is 221 g/mol. The zero-order valence-electron chi connectivity index (χ0n) is 10.5. The van der Waals surface area contributed by atoms with E-state index in [2.05, 4.69) is 23.5 Å². The molecule has 0 bridgehead atoms. The van der Waals surface area contributed by atoms with Crippen LogP contribution in [-0.4, -0.2) is 22.4 Å². The third kappa shape index (κ3) is 3.08. The van der Waals surface area contributed by atoms with Crippen molar-refractivity contribution in [1.82, 2.24) is 15.1 Å². The molecule has 1 saturated heterocycles. The number of rotatable bonds is 3. The van der Waals surface area contributed by atoms with Crippen molar-refractivity contribution in [3.8, 4) is 0 Å². The second-order valence-electron chi connectivity index (χ2n) is 4.95. The Hall–Kier alpha value is -0.830. The normalized spacial score (nSPS) is 22.0. The highest BCUT2D eigenvalue weighted by Gasteiger charge is 2.12. The van der Waals surface area contributed by atoms with Crippen LogP contribution in [-0.2, 0) is 13.5 Å². The first-order valence-corrected chi connectivity index (χ1v) is 6.48. The standard InChI is InChI=1S/C13H23N3/c1-11-12(10-16(2)15-11)7-8-13-6-4-3-5-9-14-13/h10,13-14H,3-9H2,1-2H3. The minimum atomic E-state index is 0.724. The van der Waals surface area contributed by atoms with Crippen LogP contribution in [0.2, 0.25) is 0 Å². The van der Waals surface area contributed by atoms with Crippen LogP contribution in [0.5, 0.6) is 0 Å². The largest absolute Gasteiger partial charge is 0.314 e. The molecule has 1 aromatic rings. The maximum absolute atomic E-state index is 4.39. The highest BCUT2D eigenvalue weighted by atomic mass is 15.2. The lowest BCUT2D eigenvalue weighted by Gasteiger charge is -2.14. The Labute approximate surface area is 98.2 Å². The molecule has 3 nitrogen and oxygen atoms in total. The quantitative estimate of drug-likeness (QED) is 0.848. The number of hydrogen-bond donors (Lipinski definition) is 1. The molecule has 1 aliphatic rings. The fraction of sp³-hybridized carbons (Fsp3) is 0.769. The molecule has 90 valence electrons. The van der Waals surface area contributed by atoms with Gasteiger partial charge in [0.15, 0.2) is 0 Å². The Morgan fingerprint density at radius 2 is 2.31 bits per heavy atom. The van der Waals surface area contributed by atoms with Gasteiger partial charge in [0, 0.05) is 19.3 Å². The summed E-state index contributed by atoms with van der Waals surface area (Å²) in [5.74, 6) is 0. The van der Waals surface area contributed by atoms with Gasteiger partial charge in [-0.1, -0.05) is 12.8 Å². The first kappa shape index (κ1) is 11.6. The van der Waals surface area contributed by atoms with Gasteiger partial charge in [-0.05, 0) is 44.7 Å². The van der Waals surface area contributed by atoms with Crippen molar-refractivity contribution in [2.45, 2.75) is 51.5 Å². The molecule has 0 radical (unpaired) electrons. The molecule has 0 spiro atoms. The molecule has 0 amide bonds. The summed E-state index contributed by atoms with van der Waals surface area (Å²) in [6.07, 6.45) is 10.1. The van der Waals surface area contributed by atoms with Crippen LogP contribution in [0.3, 0.4) is 0 Å². The van der Waals surface area contributed by atoms with Gasteiger partial charge in [0.1, 0.15) is 0 Å². The maximum Gasteiger partial charge on any atom is 0.0625 e. The second-order valence-corrected chi connectivity index (χ2v) is 4.95. The third-order valence-electron chi connectivity index (χ3n) is 3.54. The predicted octanol–water partition coefficient (Wildman–Crippen LogP) is 2.19. The van der Waals surface area contributed by atoms with E-state index >= 15 is 0 Å². The van der Waals surface area contributed by atoms with Crippen molar-refractivity contribution in [2.24, 2.45) is 7.05 Å². The van der Waals surface area contributed by atoms with E-state index in [0.717, 1.165) is 12.5 Å². The summed E-state index contributed by atoms with van der Waals surface area (Å²) in [7, 11) is 2.00. The van der Waals surface area contributed by atoms with Gasteiger partial charge in [-0.15, -0.1) is 0 Å². The van der Waals surface area contributed by atoms with Crippen molar-refractivity contribution in [2.75, 3.05) is 6.54 Å². The van der Waals surface area contributed by atoms with Gasteiger partial charge < -0.3 is 5.32 Å². The lowest BCUT2D eigenvalue weighted by molar-refractivity contribution is 0.478. The first-order valence-electron chi connectivity index (χ1n) is 6.48. The van der Waals surface area contributed by atoms with Gasteiger partial charge in [0.25, 0.3) is 0 Å². The van der Waals surface area contributed by atoms with Gasteiger partial charge >= 0.3 is 0 Å². The number of nitrogens with zero attached hydrogens (tertiary/aromatic N) is 2. The van der Waals surface area contributed by atoms with Crippen molar-refractivity contribution in [1.29, 1.82) is 0 Å². The van der Waals surface area contributed by atoms with E-state index in [1.54, 1.807) is 0 Å². The molecule has 1 atom stereocenters. The van der Waals surface area contributed by atoms with Crippen LogP contribution in [0.4, 0.5) is 0 Å². The van der Waals surface area contributed by atoms with Crippen molar-refractivity contribution >= 4 is 0 Å². The van der Waals surface area contributed by atoms with E-state index in [1.165, 1.54) is 49.9 Å². The lowest BCUT2D eigenvalue weighted by Crippen LogP contribution is -2.28. The molecule has 0 saturated carbocycles. The van der Waals surface area contributed by atoms with Crippen LogP contribution in [0, 0.1) is 6.92 Å². The van der Waals surface area contributed by atoms with E-state index in [4.69, 9.17) is 0 Å². The smallest absolute Gasteiger partial charge is 0.0625 e. The summed E-state index contributed by atoms with van der Waals surface area (Å²) in [6.45, 7) is 3.31. The molecule has 3 heteroatoms. The molecule has 1 aromatic heterocycles. The Kier molecular flexibility index (Phi) is 3.99. The molecule has 1 aliphatic heterocycles. The highest BCUT2D eigenvalue weighted by Crippen LogP contribution is 2.15. The molecular weight excluding hydrogens is 198 g/mol. The third-order valence-corrected chi connectivity index (χ3v) is 3.54. The van der Waals surface area contributed by atoms with Crippen LogP contribution in [0.15, 0.2) is 6.20 Å². The van der Waals surface area contributed by atoms with Gasteiger partial charge in [-0.3, -0.25) is 4.68 Å². The van der Waals surface area contributed by atoms with Crippen molar-refractivity contribution in [3.05, 3.63) is 17.5 Å². The second kappa shape index (κ2) is 5.48. The highest BCUT2D eigenvalue weighted by molar-refractivity contribution is 5.15. The molecule has 1 unspecified atom stereocenters. The Balaban J connectivity index is 1.84. The van der Waals surface area contributed by atoms with Gasteiger partial charge in [0.05, 0.1) is 5.69 Å².